The van der Waals surface area contributed by atoms with Crippen LogP contribution in [0.1, 0.15) is 32.0 Å². The molecule has 146 valence electrons. The molecule has 1 fully saturated rings. The first-order chi connectivity index (χ1) is 13.1. The van der Waals surface area contributed by atoms with Gasteiger partial charge in [0.2, 0.25) is 0 Å². The van der Waals surface area contributed by atoms with Crippen molar-refractivity contribution in [3.05, 3.63) is 46.3 Å². The maximum atomic E-state index is 6.05. The molecule has 1 saturated heterocycles. The Balaban J connectivity index is 1.34. The zero-order valence-electron chi connectivity index (χ0n) is 15.6. The minimum absolute atomic E-state index is 0.241. The van der Waals surface area contributed by atoms with Gasteiger partial charge in [-0.3, -0.25) is 0 Å². The van der Waals surface area contributed by atoms with E-state index >= 15 is 0 Å². The summed E-state index contributed by atoms with van der Waals surface area (Å²) in [5.41, 5.74) is 0. The number of halogens is 2. The summed E-state index contributed by atoms with van der Waals surface area (Å²) in [7, 11) is 0. The third-order valence-corrected chi connectivity index (χ3v) is 5.45. The highest BCUT2D eigenvalue weighted by Crippen LogP contribution is 2.28. The molecule has 0 saturated carbocycles. The van der Waals surface area contributed by atoms with Crippen LogP contribution in [0.2, 0.25) is 10.0 Å². The van der Waals surface area contributed by atoms with E-state index in [4.69, 9.17) is 27.9 Å². The summed E-state index contributed by atoms with van der Waals surface area (Å²) >= 11 is 12.0. The zero-order valence-corrected chi connectivity index (χ0v) is 17.1. The second-order valence-corrected chi connectivity index (χ2v) is 7.54. The van der Waals surface area contributed by atoms with Crippen LogP contribution in [-0.4, -0.2) is 47.2 Å². The number of nitrogens with zero attached hydrogens (tertiary/aromatic N) is 3. The molecule has 0 bridgehead atoms. The van der Waals surface area contributed by atoms with Gasteiger partial charge in [0.25, 0.3) is 0 Å². The molecule has 0 radical (unpaired) electrons. The van der Waals surface area contributed by atoms with Gasteiger partial charge in [-0.25, -0.2) is 9.97 Å². The number of piperidine rings is 1. The van der Waals surface area contributed by atoms with E-state index < -0.39 is 0 Å². The maximum absolute atomic E-state index is 6.05. The maximum Gasteiger partial charge on any atom is 0.130 e. The van der Waals surface area contributed by atoms with Gasteiger partial charge in [0, 0.05) is 38.3 Å². The number of nitrogens with one attached hydrogen (secondary N) is 1. The Morgan fingerprint density at radius 2 is 2.00 bits per heavy atom. The lowest BCUT2D eigenvalue weighted by molar-refractivity contribution is 0.100. The van der Waals surface area contributed by atoms with Crippen LogP contribution >= 0.6 is 23.2 Å². The predicted molar refractivity (Wildman–Crippen MR) is 111 cm³/mol. The molecule has 7 heteroatoms. The lowest BCUT2D eigenvalue weighted by Crippen LogP contribution is -2.39. The third-order valence-electron chi connectivity index (χ3n) is 4.71. The van der Waals surface area contributed by atoms with Crippen molar-refractivity contribution in [3.63, 3.8) is 0 Å². The number of hydrogen-bond donors (Lipinski definition) is 1. The van der Waals surface area contributed by atoms with E-state index in [9.17, 15) is 0 Å². The molecule has 0 atom stereocenters. The smallest absolute Gasteiger partial charge is 0.130 e. The van der Waals surface area contributed by atoms with E-state index in [0.29, 0.717) is 10.0 Å². The third kappa shape index (κ3) is 6.23. The second kappa shape index (κ2) is 10.1. The lowest BCUT2D eigenvalue weighted by Gasteiger charge is -2.32. The normalized spacial score (nSPS) is 15.7. The van der Waals surface area contributed by atoms with Crippen LogP contribution in [0.25, 0.3) is 0 Å². The standard InChI is InChI=1S/C20H26Cl2N4O/c1-2-19-24-10-6-20(25-19)23-9-3-11-26-12-7-15(8-13-26)27-16-4-5-17(21)18(22)14-16/h4-6,10,14-15H,2-3,7-9,11-13H2,1H3,(H,23,24,25). The minimum atomic E-state index is 0.241. The number of ether oxygens (including phenoxy) is 1. The Bertz CT molecular complexity index is 736. The van der Waals surface area contributed by atoms with E-state index in [0.717, 1.165) is 69.3 Å². The summed E-state index contributed by atoms with van der Waals surface area (Å²) in [6.07, 6.45) is 6.05. The molecule has 3 rings (SSSR count). The molecule has 0 unspecified atom stereocenters. The summed E-state index contributed by atoms with van der Waals surface area (Å²) < 4.78 is 6.05. The van der Waals surface area contributed by atoms with Crippen LogP contribution in [0.5, 0.6) is 5.75 Å². The molecule has 5 nitrogen and oxygen atoms in total. The first-order valence-electron chi connectivity index (χ1n) is 9.54. The molecule has 2 aromatic rings. The number of rotatable bonds is 8. The minimum Gasteiger partial charge on any atom is -0.490 e. The van der Waals surface area contributed by atoms with Crippen LogP contribution < -0.4 is 10.1 Å². The van der Waals surface area contributed by atoms with Gasteiger partial charge in [-0.15, -0.1) is 0 Å². The van der Waals surface area contributed by atoms with Crippen LogP contribution in [0.4, 0.5) is 5.82 Å². The monoisotopic (exact) mass is 408 g/mol. The first-order valence-corrected chi connectivity index (χ1v) is 10.3. The van der Waals surface area contributed by atoms with Gasteiger partial charge in [0.05, 0.1) is 10.0 Å². The number of benzene rings is 1. The van der Waals surface area contributed by atoms with Crippen molar-refractivity contribution in [2.24, 2.45) is 0 Å². The van der Waals surface area contributed by atoms with Gasteiger partial charge in [-0.05, 0) is 44.0 Å². The number of anilines is 1. The fourth-order valence-electron chi connectivity index (χ4n) is 3.18. The molecule has 0 aliphatic carbocycles. The predicted octanol–water partition coefficient (Wildman–Crippen LogP) is 4.69. The van der Waals surface area contributed by atoms with E-state index in [2.05, 4.69) is 27.1 Å². The van der Waals surface area contributed by atoms with E-state index in [1.165, 1.54) is 0 Å². The van der Waals surface area contributed by atoms with Crippen molar-refractivity contribution in [2.45, 2.75) is 38.7 Å². The highest BCUT2D eigenvalue weighted by molar-refractivity contribution is 6.42. The Morgan fingerprint density at radius 1 is 1.19 bits per heavy atom. The Kier molecular flexibility index (Phi) is 7.56. The molecule has 1 aliphatic heterocycles. The summed E-state index contributed by atoms with van der Waals surface area (Å²) in [5, 5.41) is 4.48. The number of hydrogen-bond acceptors (Lipinski definition) is 5. The van der Waals surface area contributed by atoms with Crippen LogP contribution in [-0.2, 0) is 6.42 Å². The molecule has 0 spiro atoms. The van der Waals surface area contributed by atoms with Crippen LogP contribution in [0.15, 0.2) is 30.5 Å². The summed E-state index contributed by atoms with van der Waals surface area (Å²) in [4.78, 5) is 11.2. The summed E-state index contributed by atoms with van der Waals surface area (Å²) in [6.45, 7) is 6.17. The number of aryl methyl sites for hydroxylation is 1. The molecule has 1 aliphatic rings. The van der Waals surface area contributed by atoms with Crippen LogP contribution in [0.3, 0.4) is 0 Å². The molecule has 1 N–H and O–H groups in total. The fraction of sp³-hybridized carbons (Fsp3) is 0.500. The van der Waals surface area contributed by atoms with Crippen molar-refractivity contribution in [1.29, 1.82) is 0 Å². The van der Waals surface area contributed by atoms with Crippen molar-refractivity contribution in [3.8, 4) is 5.75 Å². The first kappa shape index (κ1) is 20.2. The topological polar surface area (TPSA) is 50.3 Å². The molecule has 2 heterocycles. The molecule has 1 aromatic heterocycles. The highest BCUT2D eigenvalue weighted by atomic mass is 35.5. The van der Waals surface area contributed by atoms with E-state index in [-0.39, 0.29) is 6.10 Å². The van der Waals surface area contributed by atoms with Gasteiger partial charge in [0.1, 0.15) is 23.5 Å². The van der Waals surface area contributed by atoms with Crippen molar-refractivity contribution < 1.29 is 4.74 Å². The second-order valence-electron chi connectivity index (χ2n) is 6.73. The van der Waals surface area contributed by atoms with Gasteiger partial charge in [0.15, 0.2) is 0 Å². The molecular weight excluding hydrogens is 383 g/mol. The SMILES string of the molecule is CCc1nccc(NCCCN2CCC(Oc3ccc(Cl)c(Cl)c3)CC2)n1. The van der Waals surface area contributed by atoms with Gasteiger partial charge in [-0.2, -0.15) is 0 Å². The van der Waals surface area contributed by atoms with Gasteiger partial charge >= 0.3 is 0 Å². The summed E-state index contributed by atoms with van der Waals surface area (Å²) in [5.74, 6) is 2.59. The van der Waals surface area contributed by atoms with Gasteiger partial charge in [-0.1, -0.05) is 30.1 Å². The van der Waals surface area contributed by atoms with Crippen LogP contribution in [0, 0.1) is 0 Å². The molecule has 27 heavy (non-hydrogen) atoms. The number of aromatic nitrogens is 2. The van der Waals surface area contributed by atoms with Crippen molar-refractivity contribution >= 4 is 29.0 Å². The average Bonchev–Trinajstić information content (AvgIpc) is 2.69. The number of likely N-dealkylation sites (tertiary alicyclic amines) is 1. The summed E-state index contributed by atoms with van der Waals surface area (Å²) in [6, 6.07) is 7.37. The Hall–Kier alpha value is -1.56. The average molecular weight is 409 g/mol. The zero-order chi connectivity index (χ0) is 19.1. The highest BCUT2D eigenvalue weighted by Gasteiger charge is 2.20. The fourth-order valence-corrected chi connectivity index (χ4v) is 3.47. The molecular formula is C20H26Cl2N4O. The van der Waals surface area contributed by atoms with Crippen molar-refractivity contribution in [1.82, 2.24) is 14.9 Å². The Morgan fingerprint density at radius 3 is 2.74 bits per heavy atom. The van der Waals surface area contributed by atoms with E-state index in [1.54, 1.807) is 12.1 Å². The lowest BCUT2D eigenvalue weighted by atomic mass is 10.1. The quantitative estimate of drug-likeness (QED) is 0.641. The van der Waals surface area contributed by atoms with Crippen molar-refractivity contribution in [2.75, 3.05) is 31.5 Å². The molecule has 0 amide bonds. The van der Waals surface area contributed by atoms with Gasteiger partial charge < -0.3 is 15.0 Å². The Labute approximate surface area is 171 Å². The van der Waals surface area contributed by atoms with E-state index in [1.807, 2.05) is 18.3 Å². The largest absolute Gasteiger partial charge is 0.490 e. The molecule has 1 aromatic carbocycles.